The van der Waals surface area contributed by atoms with Crippen molar-refractivity contribution in [1.82, 2.24) is 0 Å². The van der Waals surface area contributed by atoms with Gasteiger partial charge >= 0.3 is 0 Å². The smallest absolute Gasteiger partial charge is 0.180 e. The van der Waals surface area contributed by atoms with Crippen molar-refractivity contribution in [2.24, 2.45) is 0 Å². The van der Waals surface area contributed by atoms with E-state index in [0.29, 0.717) is 22.9 Å². The fourth-order valence-electron chi connectivity index (χ4n) is 3.20. The zero-order valence-corrected chi connectivity index (χ0v) is 13.4. The van der Waals surface area contributed by atoms with E-state index in [0.717, 1.165) is 16.3 Å². The van der Waals surface area contributed by atoms with Crippen LogP contribution >= 0.6 is 11.6 Å². The Bertz CT molecular complexity index is 915. The Hall–Kier alpha value is -2.32. The molecule has 0 bridgehead atoms. The minimum atomic E-state index is -0.707. The number of hydrogen-bond acceptors (Lipinski definition) is 2. The van der Waals surface area contributed by atoms with E-state index in [1.807, 2.05) is 67.6 Å². The van der Waals surface area contributed by atoms with Crippen LogP contribution in [0.2, 0.25) is 5.02 Å². The summed E-state index contributed by atoms with van der Waals surface area (Å²) in [5, 5.41) is 2.64. The SMILES string of the molecule is C[C@]1(c2ccc(Cl)cc2)COc2ccc3ccccc3c2C1=O. The Balaban J connectivity index is 1.91. The molecule has 1 atom stereocenters. The van der Waals surface area contributed by atoms with E-state index in [1.165, 1.54) is 0 Å². The zero-order valence-electron chi connectivity index (χ0n) is 12.7. The van der Waals surface area contributed by atoms with Gasteiger partial charge in [0.15, 0.2) is 5.78 Å². The molecule has 0 N–H and O–H groups in total. The maximum atomic E-state index is 13.3. The lowest BCUT2D eigenvalue weighted by Crippen LogP contribution is -2.42. The minimum Gasteiger partial charge on any atom is -0.491 e. The normalized spacial score (nSPS) is 20.2. The average molecular weight is 323 g/mol. The third-order valence-electron chi connectivity index (χ3n) is 4.62. The van der Waals surface area contributed by atoms with Crippen molar-refractivity contribution in [3.63, 3.8) is 0 Å². The number of halogens is 1. The Labute approximate surface area is 139 Å². The maximum absolute atomic E-state index is 13.3. The van der Waals surface area contributed by atoms with E-state index >= 15 is 0 Å². The average Bonchev–Trinajstić information content (AvgIpc) is 2.58. The molecule has 1 heterocycles. The van der Waals surface area contributed by atoms with Gasteiger partial charge < -0.3 is 4.74 Å². The van der Waals surface area contributed by atoms with Gasteiger partial charge in [0.1, 0.15) is 12.4 Å². The molecule has 0 aliphatic carbocycles. The Kier molecular flexibility index (Phi) is 3.17. The van der Waals surface area contributed by atoms with Crippen LogP contribution in [-0.4, -0.2) is 12.4 Å². The molecule has 1 aliphatic rings. The standard InChI is InChI=1S/C20H15ClO2/c1-20(14-7-9-15(21)10-8-14)12-23-17-11-6-13-4-2-3-5-16(13)18(17)19(20)22/h2-11H,12H2,1H3/t20-/m1/s1. The lowest BCUT2D eigenvalue weighted by Gasteiger charge is -2.34. The van der Waals surface area contributed by atoms with Crippen molar-refractivity contribution in [3.05, 3.63) is 76.8 Å². The number of hydrogen-bond donors (Lipinski definition) is 0. The van der Waals surface area contributed by atoms with Crippen LogP contribution in [-0.2, 0) is 5.41 Å². The molecule has 0 amide bonds. The summed E-state index contributed by atoms with van der Waals surface area (Å²) in [6, 6.07) is 19.2. The van der Waals surface area contributed by atoms with Crippen molar-refractivity contribution in [2.75, 3.05) is 6.61 Å². The van der Waals surface area contributed by atoms with Crippen molar-refractivity contribution in [1.29, 1.82) is 0 Å². The van der Waals surface area contributed by atoms with Gasteiger partial charge in [-0.3, -0.25) is 4.79 Å². The van der Waals surface area contributed by atoms with Crippen LogP contribution in [0.5, 0.6) is 5.75 Å². The molecule has 4 rings (SSSR count). The summed E-state index contributed by atoms with van der Waals surface area (Å²) in [7, 11) is 0. The summed E-state index contributed by atoms with van der Waals surface area (Å²) in [6.45, 7) is 2.27. The molecule has 2 nitrogen and oxygen atoms in total. The topological polar surface area (TPSA) is 26.3 Å². The molecule has 0 spiro atoms. The molecular weight excluding hydrogens is 308 g/mol. The third kappa shape index (κ3) is 2.13. The molecule has 0 fully saturated rings. The first kappa shape index (κ1) is 14.3. The predicted octanol–water partition coefficient (Wildman–Crippen LogP) is 5.03. The second-order valence-electron chi connectivity index (χ2n) is 6.12. The number of carbonyl (C=O) groups excluding carboxylic acids is 1. The van der Waals surface area contributed by atoms with Crippen molar-refractivity contribution >= 4 is 28.2 Å². The van der Waals surface area contributed by atoms with Crippen LogP contribution in [0.3, 0.4) is 0 Å². The number of Topliss-reactive ketones (excluding diaryl/α,β-unsaturated/α-hetero) is 1. The number of benzene rings is 3. The molecule has 1 aliphatic heterocycles. The second-order valence-corrected chi connectivity index (χ2v) is 6.55. The molecular formula is C20H15ClO2. The highest BCUT2D eigenvalue weighted by atomic mass is 35.5. The first-order valence-electron chi connectivity index (χ1n) is 7.55. The van der Waals surface area contributed by atoms with E-state index in [2.05, 4.69) is 0 Å². The lowest BCUT2D eigenvalue weighted by molar-refractivity contribution is 0.0794. The number of fused-ring (bicyclic) bond motifs is 3. The zero-order chi connectivity index (χ0) is 16.0. The van der Waals surface area contributed by atoms with Crippen molar-refractivity contribution in [2.45, 2.75) is 12.3 Å². The summed E-state index contributed by atoms with van der Waals surface area (Å²) in [4.78, 5) is 13.3. The van der Waals surface area contributed by atoms with Crippen molar-refractivity contribution in [3.8, 4) is 5.75 Å². The number of ether oxygens (including phenoxy) is 1. The van der Waals surface area contributed by atoms with E-state index < -0.39 is 5.41 Å². The molecule has 0 aromatic heterocycles. The molecule has 0 radical (unpaired) electrons. The lowest BCUT2D eigenvalue weighted by atomic mass is 9.74. The van der Waals surface area contributed by atoms with Gasteiger partial charge in [-0.25, -0.2) is 0 Å². The van der Waals surface area contributed by atoms with Gasteiger partial charge in [-0.05, 0) is 41.5 Å². The van der Waals surface area contributed by atoms with E-state index in [-0.39, 0.29) is 5.78 Å². The van der Waals surface area contributed by atoms with Crippen LogP contribution in [0.15, 0.2) is 60.7 Å². The number of carbonyl (C=O) groups is 1. The highest BCUT2D eigenvalue weighted by Crippen LogP contribution is 2.40. The summed E-state index contributed by atoms with van der Waals surface area (Å²) in [5.41, 5.74) is 0.888. The third-order valence-corrected chi connectivity index (χ3v) is 4.87. The molecule has 23 heavy (non-hydrogen) atoms. The maximum Gasteiger partial charge on any atom is 0.180 e. The highest BCUT2D eigenvalue weighted by Gasteiger charge is 2.42. The van der Waals surface area contributed by atoms with Gasteiger partial charge in [0.05, 0.1) is 11.0 Å². The predicted molar refractivity (Wildman–Crippen MR) is 92.6 cm³/mol. The monoisotopic (exact) mass is 322 g/mol. The van der Waals surface area contributed by atoms with Gasteiger partial charge in [-0.1, -0.05) is 54.1 Å². The van der Waals surface area contributed by atoms with Crippen LogP contribution in [0.1, 0.15) is 22.8 Å². The fraction of sp³-hybridized carbons (Fsp3) is 0.150. The fourth-order valence-corrected chi connectivity index (χ4v) is 3.33. The molecule has 114 valence electrons. The van der Waals surface area contributed by atoms with Gasteiger partial charge in [-0.2, -0.15) is 0 Å². The van der Waals surface area contributed by atoms with E-state index in [4.69, 9.17) is 16.3 Å². The van der Waals surface area contributed by atoms with Crippen LogP contribution in [0.25, 0.3) is 10.8 Å². The first-order valence-corrected chi connectivity index (χ1v) is 7.93. The summed E-state index contributed by atoms with van der Waals surface area (Å²) >= 11 is 5.98. The van der Waals surface area contributed by atoms with Gasteiger partial charge in [0.2, 0.25) is 0 Å². The Morgan fingerprint density at radius 3 is 2.52 bits per heavy atom. The largest absolute Gasteiger partial charge is 0.491 e. The highest BCUT2D eigenvalue weighted by molar-refractivity contribution is 6.30. The van der Waals surface area contributed by atoms with Crippen LogP contribution < -0.4 is 4.74 Å². The van der Waals surface area contributed by atoms with Crippen molar-refractivity contribution < 1.29 is 9.53 Å². The van der Waals surface area contributed by atoms with Gasteiger partial charge in [-0.15, -0.1) is 0 Å². The molecule has 3 heteroatoms. The molecule has 3 aromatic rings. The molecule has 0 saturated heterocycles. The second kappa shape index (κ2) is 5.10. The molecule has 3 aromatic carbocycles. The van der Waals surface area contributed by atoms with Gasteiger partial charge in [0.25, 0.3) is 0 Å². The Morgan fingerprint density at radius 1 is 1.00 bits per heavy atom. The van der Waals surface area contributed by atoms with Gasteiger partial charge in [0, 0.05) is 5.02 Å². The molecule has 0 saturated carbocycles. The summed E-state index contributed by atoms with van der Waals surface area (Å²) < 4.78 is 5.95. The summed E-state index contributed by atoms with van der Waals surface area (Å²) in [5.74, 6) is 0.762. The Morgan fingerprint density at radius 2 is 1.74 bits per heavy atom. The summed E-state index contributed by atoms with van der Waals surface area (Å²) in [6.07, 6.45) is 0. The van der Waals surface area contributed by atoms with E-state index in [9.17, 15) is 4.79 Å². The quantitative estimate of drug-likeness (QED) is 0.628. The number of rotatable bonds is 1. The first-order chi connectivity index (χ1) is 11.1. The van der Waals surface area contributed by atoms with Crippen LogP contribution in [0.4, 0.5) is 0 Å². The molecule has 0 unspecified atom stereocenters. The number of ketones is 1. The van der Waals surface area contributed by atoms with Crippen LogP contribution in [0, 0.1) is 0 Å². The minimum absolute atomic E-state index is 0.0953. The van der Waals surface area contributed by atoms with E-state index in [1.54, 1.807) is 0 Å².